The molecule has 384 valence electrons. The summed E-state index contributed by atoms with van der Waals surface area (Å²) in [6.07, 6.45) is -16.8. The van der Waals surface area contributed by atoms with E-state index in [1.54, 1.807) is 62.5 Å². The molecule has 0 unspecified atom stereocenters. The molecule has 20 atom stereocenters. The number of hydrogen-bond donors (Lipinski definition) is 14. The minimum absolute atomic E-state index is 0.0726. The Morgan fingerprint density at radius 1 is 0.397 bits per heavy atom. The third kappa shape index (κ3) is 14.9. The van der Waals surface area contributed by atoms with Gasteiger partial charge in [0.25, 0.3) is 0 Å². The molecule has 4 saturated heterocycles. The summed E-state index contributed by atoms with van der Waals surface area (Å²) in [5.74, 6) is -1.86. The molecule has 0 aromatic carbocycles. The normalized spacial score (nSPS) is 40.3. The number of aliphatic hydroxyl groups excluding tert-OH is 14. The standard InChI is InChI=1S/C44H64O24/c1-19(11-7-13-21(3)39(59)67-43-37(57)33(53)29(49)25(65-43)17-61-41-35(55)31(51)27(47)23(15-45)63-41)9-5-6-10-20(2)12-8-14-22(4)40(60)68-44-38(58)34(54)30(50)26(66-44)18-62-42-36(56)32(52)28(48)24(16-46)64-42/h5-14,23-38,41-58H,15-18H2,1-4H3/b6-5+,11-7+,12-8+,19-9+,20-10+,21-13+,22-14+/t23-,24-,25-,26+,27-,28-,29-,30+,31+,32+,33+,34-,35-,36-,37-,38+,41-,42-,43+,44-/m0/s1. The average molecular weight is 977 g/mol. The van der Waals surface area contributed by atoms with E-state index in [1.807, 2.05) is 0 Å². The minimum Gasteiger partial charge on any atom is -0.429 e. The van der Waals surface area contributed by atoms with Gasteiger partial charge in [0, 0.05) is 11.1 Å². The van der Waals surface area contributed by atoms with E-state index in [-0.39, 0.29) is 11.1 Å². The number of ether oxygens (including phenoxy) is 8. The summed E-state index contributed by atoms with van der Waals surface area (Å²) in [6, 6.07) is 0. The second-order valence-corrected chi connectivity index (χ2v) is 16.5. The van der Waals surface area contributed by atoms with Gasteiger partial charge in [0.05, 0.1) is 26.4 Å². The number of aliphatic hydroxyl groups is 14. The highest BCUT2D eigenvalue weighted by molar-refractivity contribution is 5.88. The van der Waals surface area contributed by atoms with Gasteiger partial charge in [-0.3, -0.25) is 0 Å². The number of carbonyl (C=O) groups is 2. The molecule has 0 radical (unpaired) electrons. The van der Waals surface area contributed by atoms with Crippen LogP contribution in [0.2, 0.25) is 0 Å². The van der Waals surface area contributed by atoms with Crippen molar-refractivity contribution in [3.63, 3.8) is 0 Å². The van der Waals surface area contributed by atoms with Gasteiger partial charge >= 0.3 is 11.9 Å². The zero-order valence-corrected chi connectivity index (χ0v) is 37.5. The molecular weight excluding hydrogens is 912 g/mol. The molecule has 4 aliphatic rings. The molecule has 68 heavy (non-hydrogen) atoms. The summed E-state index contributed by atoms with van der Waals surface area (Å²) in [6.45, 7) is 3.80. The van der Waals surface area contributed by atoms with Crippen LogP contribution < -0.4 is 0 Å². The number of allylic oxidation sites excluding steroid dienone is 12. The molecule has 0 aliphatic carbocycles. The maximum Gasteiger partial charge on any atom is 0.336 e. The summed E-state index contributed by atoms with van der Waals surface area (Å²) in [5.41, 5.74) is 1.68. The Hall–Kier alpha value is -3.68. The van der Waals surface area contributed by atoms with Crippen molar-refractivity contribution in [3.8, 4) is 0 Å². The Morgan fingerprint density at radius 3 is 1.01 bits per heavy atom. The minimum atomic E-state index is -1.86. The number of rotatable bonds is 18. The fraction of sp³-hybridized carbons (Fsp3) is 0.636. The monoisotopic (exact) mass is 976 g/mol. The molecule has 4 heterocycles. The van der Waals surface area contributed by atoms with Crippen LogP contribution in [-0.4, -0.2) is 233 Å². The maximum atomic E-state index is 12.8. The summed E-state index contributed by atoms with van der Waals surface area (Å²) >= 11 is 0. The fourth-order valence-electron chi connectivity index (χ4n) is 6.84. The Kier molecular flexibility index (Phi) is 22.2. The van der Waals surface area contributed by atoms with E-state index in [0.29, 0.717) is 0 Å². The number of hydrogen-bond acceptors (Lipinski definition) is 24. The van der Waals surface area contributed by atoms with Crippen molar-refractivity contribution >= 4 is 11.9 Å². The first kappa shape index (κ1) is 56.9. The van der Waals surface area contributed by atoms with Gasteiger partial charge in [-0.2, -0.15) is 0 Å². The molecule has 0 aromatic heterocycles. The highest BCUT2D eigenvalue weighted by Gasteiger charge is 2.50. The van der Waals surface area contributed by atoms with Crippen LogP contribution in [0.5, 0.6) is 0 Å². The first-order valence-electron chi connectivity index (χ1n) is 21.5. The molecule has 0 amide bonds. The predicted molar refractivity (Wildman–Crippen MR) is 227 cm³/mol. The van der Waals surface area contributed by atoms with Crippen molar-refractivity contribution in [2.75, 3.05) is 26.4 Å². The van der Waals surface area contributed by atoms with Crippen LogP contribution in [0.25, 0.3) is 0 Å². The lowest BCUT2D eigenvalue weighted by molar-refractivity contribution is -0.326. The van der Waals surface area contributed by atoms with Crippen LogP contribution in [0.1, 0.15) is 27.7 Å². The Morgan fingerprint density at radius 2 is 0.691 bits per heavy atom. The van der Waals surface area contributed by atoms with Gasteiger partial charge in [-0.1, -0.05) is 71.9 Å². The highest BCUT2D eigenvalue weighted by atomic mass is 16.8. The van der Waals surface area contributed by atoms with E-state index in [1.165, 1.54) is 26.0 Å². The van der Waals surface area contributed by atoms with E-state index >= 15 is 0 Å². The van der Waals surface area contributed by atoms with Gasteiger partial charge in [-0.25, -0.2) is 9.59 Å². The summed E-state index contributed by atoms with van der Waals surface area (Å²) in [7, 11) is 0. The van der Waals surface area contributed by atoms with Crippen LogP contribution in [-0.2, 0) is 47.5 Å². The van der Waals surface area contributed by atoms with Gasteiger partial charge in [0.15, 0.2) is 12.6 Å². The van der Waals surface area contributed by atoms with Gasteiger partial charge in [-0.15, -0.1) is 0 Å². The van der Waals surface area contributed by atoms with Gasteiger partial charge in [0.1, 0.15) is 97.7 Å². The number of esters is 2. The maximum absolute atomic E-state index is 12.8. The second-order valence-electron chi connectivity index (χ2n) is 16.5. The van der Waals surface area contributed by atoms with Gasteiger partial charge in [-0.05, 0) is 27.7 Å². The third-order valence-corrected chi connectivity index (χ3v) is 11.2. The summed E-state index contributed by atoms with van der Waals surface area (Å²) in [5, 5.41) is 142. The van der Waals surface area contributed by atoms with E-state index in [0.717, 1.165) is 11.1 Å². The SMILES string of the molecule is CC(/C=C/C=C(\C)C(=O)O[C@H]1O[C@@H](CO[C@H]2O[C@@H](CO)[C@H](O)[C@@H](O)[C@@H]2O)[C@H](O)[C@@H](O)[C@@H]1O)=C\C=C\C=C(C)\C=C\C=C(/C)C(=O)O[C@@H]1O[C@H](CO[C@H]2O[C@@H](CO)[C@H](O)[C@@H](O)[C@@H]2O)[C@@H](O)[C@H](O)[C@H]1O. The van der Waals surface area contributed by atoms with Crippen LogP contribution in [0, 0.1) is 0 Å². The molecule has 4 aliphatic heterocycles. The summed E-state index contributed by atoms with van der Waals surface area (Å²) in [4.78, 5) is 25.6. The second kappa shape index (κ2) is 26.5. The van der Waals surface area contributed by atoms with E-state index in [2.05, 4.69) is 0 Å². The average Bonchev–Trinajstić information content (AvgIpc) is 3.31. The van der Waals surface area contributed by atoms with E-state index in [9.17, 15) is 81.1 Å². The van der Waals surface area contributed by atoms with E-state index < -0.39 is 161 Å². The van der Waals surface area contributed by atoms with Crippen molar-refractivity contribution in [2.45, 2.75) is 151 Å². The lowest BCUT2D eigenvalue weighted by atomic mass is 9.98. The van der Waals surface area contributed by atoms with Crippen molar-refractivity contribution in [3.05, 3.63) is 83.1 Å². The third-order valence-electron chi connectivity index (χ3n) is 11.2. The van der Waals surface area contributed by atoms with Crippen LogP contribution in [0.3, 0.4) is 0 Å². The molecule has 0 spiro atoms. The molecule has 0 saturated carbocycles. The first-order valence-corrected chi connectivity index (χ1v) is 21.5. The first-order chi connectivity index (χ1) is 32.1. The van der Waals surface area contributed by atoms with Gasteiger partial charge < -0.3 is 109 Å². The quantitative estimate of drug-likeness (QED) is 0.0347. The molecule has 4 fully saturated rings. The molecule has 4 rings (SSSR count). The zero-order valence-electron chi connectivity index (χ0n) is 37.5. The lowest BCUT2D eigenvalue weighted by Crippen LogP contribution is -2.61. The molecule has 24 nitrogen and oxygen atoms in total. The highest BCUT2D eigenvalue weighted by Crippen LogP contribution is 2.28. The Labute approximate surface area is 390 Å². The zero-order chi connectivity index (χ0) is 50.6. The van der Waals surface area contributed by atoms with Crippen molar-refractivity contribution in [1.29, 1.82) is 0 Å². The van der Waals surface area contributed by atoms with Crippen LogP contribution in [0.4, 0.5) is 0 Å². The molecule has 24 heteroatoms. The lowest BCUT2D eigenvalue weighted by Gasteiger charge is -2.42. The van der Waals surface area contributed by atoms with Crippen LogP contribution in [0.15, 0.2) is 83.1 Å². The smallest absolute Gasteiger partial charge is 0.336 e. The molecular formula is C44H64O24. The van der Waals surface area contributed by atoms with Gasteiger partial charge in [0.2, 0.25) is 12.6 Å². The summed E-state index contributed by atoms with van der Waals surface area (Å²) < 4.78 is 42.7. The Balaban J connectivity index is 1.23. The van der Waals surface area contributed by atoms with Crippen LogP contribution >= 0.6 is 0 Å². The predicted octanol–water partition coefficient (Wildman–Crippen LogP) is -5.23. The van der Waals surface area contributed by atoms with Crippen molar-refractivity contribution < 1.29 is 119 Å². The van der Waals surface area contributed by atoms with Crippen molar-refractivity contribution in [1.82, 2.24) is 0 Å². The number of carbonyl (C=O) groups excluding carboxylic acids is 2. The molecule has 0 bridgehead atoms. The molecule has 0 aromatic rings. The van der Waals surface area contributed by atoms with Crippen molar-refractivity contribution in [2.24, 2.45) is 0 Å². The molecule has 14 N–H and O–H groups in total. The topological polar surface area (TPSA) is 391 Å². The largest absolute Gasteiger partial charge is 0.429 e. The fourth-order valence-corrected chi connectivity index (χ4v) is 6.84. The Bertz CT molecular complexity index is 1730. The van der Waals surface area contributed by atoms with E-state index in [4.69, 9.17) is 37.9 Å².